The van der Waals surface area contributed by atoms with Gasteiger partial charge >= 0.3 is 0 Å². The van der Waals surface area contributed by atoms with Crippen molar-refractivity contribution < 1.29 is 14.2 Å². The van der Waals surface area contributed by atoms with Gasteiger partial charge in [-0.1, -0.05) is 41.7 Å². The third-order valence-corrected chi connectivity index (χ3v) is 4.72. The maximum Gasteiger partial charge on any atom is 0.273 e. The summed E-state index contributed by atoms with van der Waals surface area (Å²) in [7, 11) is 3.28. The van der Waals surface area contributed by atoms with Crippen LogP contribution in [-0.2, 0) is 6.61 Å². The number of ether oxygens (including phenoxy) is 3. The zero-order chi connectivity index (χ0) is 16.9. The van der Waals surface area contributed by atoms with E-state index in [1.54, 1.807) is 20.4 Å². The molecule has 0 saturated heterocycles. The molecule has 5 heteroatoms. The molecule has 0 aliphatic rings. The van der Waals surface area contributed by atoms with E-state index in [1.165, 1.54) is 11.3 Å². The summed E-state index contributed by atoms with van der Waals surface area (Å²) in [5.74, 6) is 1.63. The minimum absolute atomic E-state index is 0.527. The molecule has 0 unspecified atom stereocenters. The molecule has 124 valence electrons. The lowest BCUT2D eigenvalue weighted by Gasteiger charge is -2.15. The Hall–Kier alpha value is -2.53. The highest BCUT2D eigenvalue weighted by Gasteiger charge is 2.16. The number of rotatable bonds is 6. The number of benzene rings is 2. The Labute approximate surface area is 145 Å². The van der Waals surface area contributed by atoms with E-state index < -0.39 is 0 Å². The van der Waals surface area contributed by atoms with Crippen LogP contribution >= 0.6 is 11.3 Å². The van der Waals surface area contributed by atoms with Crippen LogP contribution in [0.4, 0.5) is 0 Å². The average molecular weight is 341 g/mol. The van der Waals surface area contributed by atoms with Crippen molar-refractivity contribution in [2.45, 2.75) is 13.5 Å². The third kappa shape index (κ3) is 3.36. The quantitative estimate of drug-likeness (QED) is 0.651. The van der Waals surface area contributed by atoms with Crippen molar-refractivity contribution in [1.29, 1.82) is 0 Å². The number of thiazole rings is 1. The highest BCUT2D eigenvalue weighted by molar-refractivity contribution is 7.16. The Balaban J connectivity index is 1.92. The molecule has 4 nitrogen and oxygen atoms in total. The molecule has 3 rings (SSSR count). The van der Waals surface area contributed by atoms with Crippen LogP contribution in [0.1, 0.15) is 11.1 Å². The molecule has 0 spiro atoms. The highest BCUT2D eigenvalue weighted by Crippen LogP contribution is 2.42. The Morgan fingerprint density at radius 1 is 0.958 bits per heavy atom. The van der Waals surface area contributed by atoms with Crippen LogP contribution in [0.2, 0.25) is 0 Å². The van der Waals surface area contributed by atoms with E-state index in [0.29, 0.717) is 11.8 Å². The molecule has 0 N–H and O–H groups in total. The van der Waals surface area contributed by atoms with Crippen molar-refractivity contribution in [3.8, 4) is 27.1 Å². The van der Waals surface area contributed by atoms with Crippen molar-refractivity contribution in [3.63, 3.8) is 0 Å². The molecule has 1 heterocycles. The van der Waals surface area contributed by atoms with Gasteiger partial charge in [-0.2, -0.15) is 0 Å². The first-order valence-corrected chi connectivity index (χ1v) is 8.39. The lowest BCUT2D eigenvalue weighted by Crippen LogP contribution is -1.99. The number of nitrogens with zero attached hydrogens (tertiary/aromatic N) is 1. The van der Waals surface area contributed by atoms with Crippen molar-refractivity contribution >= 4 is 11.3 Å². The Kier molecular flexibility index (Phi) is 5.01. The molecule has 0 saturated carbocycles. The zero-order valence-corrected chi connectivity index (χ0v) is 14.7. The second-order valence-corrected chi connectivity index (χ2v) is 6.23. The van der Waals surface area contributed by atoms with Crippen LogP contribution < -0.4 is 14.2 Å². The molecule has 1 aromatic heterocycles. The SMILES string of the molecule is COc1ncc(-c2c(OC)ccc(OCc3ccccc3)c2C)s1. The van der Waals surface area contributed by atoms with Gasteiger partial charge in [-0.05, 0) is 24.6 Å². The van der Waals surface area contributed by atoms with Crippen LogP contribution in [0.5, 0.6) is 16.7 Å². The third-order valence-electron chi connectivity index (χ3n) is 3.74. The molecule has 0 atom stereocenters. The molecule has 0 aliphatic carbocycles. The second-order valence-electron chi connectivity index (χ2n) is 5.23. The molecule has 3 aromatic rings. The number of hydrogen-bond donors (Lipinski definition) is 0. The summed E-state index contributed by atoms with van der Waals surface area (Å²) in [5, 5.41) is 0.627. The fourth-order valence-corrected chi connectivity index (χ4v) is 3.34. The molecule has 0 fully saturated rings. The van der Waals surface area contributed by atoms with Gasteiger partial charge in [-0.25, -0.2) is 4.98 Å². The maximum absolute atomic E-state index is 6.02. The predicted molar refractivity (Wildman–Crippen MR) is 96.2 cm³/mol. The fourth-order valence-electron chi connectivity index (χ4n) is 2.50. The van der Waals surface area contributed by atoms with Crippen molar-refractivity contribution in [2.75, 3.05) is 14.2 Å². The first-order valence-electron chi connectivity index (χ1n) is 7.57. The van der Waals surface area contributed by atoms with Gasteiger partial charge in [0.25, 0.3) is 5.19 Å². The van der Waals surface area contributed by atoms with E-state index in [9.17, 15) is 0 Å². The van der Waals surface area contributed by atoms with E-state index in [-0.39, 0.29) is 0 Å². The van der Waals surface area contributed by atoms with E-state index in [4.69, 9.17) is 14.2 Å². The van der Waals surface area contributed by atoms with Crippen LogP contribution in [0.3, 0.4) is 0 Å². The molecule has 2 aromatic carbocycles. The summed E-state index contributed by atoms with van der Waals surface area (Å²) < 4.78 is 16.7. The first-order chi connectivity index (χ1) is 11.7. The molecule has 0 radical (unpaired) electrons. The van der Waals surface area contributed by atoms with Crippen molar-refractivity contribution in [2.24, 2.45) is 0 Å². The van der Waals surface area contributed by atoms with Crippen LogP contribution in [0, 0.1) is 6.92 Å². The topological polar surface area (TPSA) is 40.6 Å². The second kappa shape index (κ2) is 7.36. The van der Waals surface area contributed by atoms with Gasteiger partial charge in [0.1, 0.15) is 18.1 Å². The normalized spacial score (nSPS) is 10.5. The van der Waals surface area contributed by atoms with Gasteiger partial charge in [0.05, 0.1) is 19.1 Å². The largest absolute Gasteiger partial charge is 0.496 e. The predicted octanol–water partition coefficient (Wildman–Crippen LogP) is 4.71. The summed E-state index contributed by atoms with van der Waals surface area (Å²) in [5.41, 5.74) is 3.15. The lowest BCUT2D eigenvalue weighted by atomic mass is 10.1. The Bertz CT molecular complexity index is 815. The van der Waals surface area contributed by atoms with Gasteiger partial charge in [-0.15, -0.1) is 0 Å². The average Bonchev–Trinajstić information content (AvgIpc) is 3.10. The molecule has 0 bridgehead atoms. The van der Waals surface area contributed by atoms with E-state index >= 15 is 0 Å². The van der Waals surface area contributed by atoms with Crippen molar-refractivity contribution in [3.05, 3.63) is 59.8 Å². The van der Waals surface area contributed by atoms with Gasteiger partial charge < -0.3 is 14.2 Å². The molecule has 24 heavy (non-hydrogen) atoms. The molecule has 0 aliphatic heterocycles. The van der Waals surface area contributed by atoms with E-state index in [1.807, 2.05) is 49.4 Å². The van der Waals surface area contributed by atoms with Crippen molar-refractivity contribution in [1.82, 2.24) is 4.98 Å². The van der Waals surface area contributed by atoms with Crippen LogP contribution in [-0.4, -0.2) is 19.2 Å². The maximum atomic E-state index is 6.02. The summed E-state index contributed by atoms with van der Waals surface area (Å²) in [6.07, 6.45) is 1.80. The minimum atomic E-state index is 0.527. The van der Waals surface area contributed by atoms with Gasteiger partial charge in [0.15, 0.2) is 0 Å². The number of methoxy groups -OCH3 is 2. The first kappa shape index (κ1) is 16.3. The summed E-state index contributed by atoms with van der Waals surface area (Å²) in [4.78, 5) is 5.24. The Morgan fingerprint density at radius 2 is 1.71 bits per heavy atom. The standard InChI is InChI=1S/C19H19NO3S/c1-13-15(23-12-14-7-5-4-6-8-14)9-10-16(21-2)18(13)17-11-20-19(22-3)24-17/h4-11H,12H2,1-3H3. The summed E-state index contributed by atoms with van der Waals surface area (Å²) in [6, 6.07) is 14.0. The molecular weight excluding hydrogens is 322 g/mol. The van der Waals surface area contributed by atoms with Crippen LogP contribution in [0.15, 0.2) is 48.7 Å². The number of hydrogen-bond acceptors (Lipinski definition) is 5. The number of aromatic nitrogens is 1. The summed E-state index contributed by atoms with van der Waals surface area (Å²) in [6.45, 7) is 2.56. The smallest absolute Gasteiger partial charge is 0.273 e. The van der Waals surface area contributed by atoms with Gasteiger partial charge in [0.2, 0.25) is 0 Å². The van der Waals surface area contributed by atoms with Gasteiger partial charge in [-0.3, -0.25) is 0 Å². The fraction of sp³-hybridized carbons (Fsp3) is 0.211. The molecule has 0 amide bonds. The van der Waals surface area contributed by atoms with Crippen LogP contribution in [0.25, 0.3) is 10.4 Å². The zero-order valence-electron chi connectivity index (χ0n) is 13.9. The highest BCUT2D eigenvalue weighted by atomic mass is 32.1. The van der Waals surface area contributed by atoms with E-state index in [2.05, 4.69) is 4.98 Å². The monoisotopic (exact) mass is 341 g/mol. The van der Waals surface area contributed by atoms with Gasteiger partial charge in [0, 0.05) is 17.3 Å². The van der Waals surface area contributed by atoms with E-state index in [0.717, 1.165) is 33.1 Å². The minimum Gasteiger partial charge on any atom is -0.496 e. The lowest BCUT2D eigenvalue weighted by molar-refractivity contribution is 0.303. The molecular formula is C19H19NO3S. The summed E-state index contributed by atoms with van der Waals surface area (Å²) >= 11 is 1.48. The Morgan fingerprint density at radius 3 is 2.38 bits per heavy atom.